The molecule has 0 radical (unpaired) electrons. The van der Waals surface area contributed by atoms with E-state index in [1.807, 2.05) is 5.38 Å². The molecule has 1 heterocycles. The maximum absolute atomic E-state index is 13.2. The van der Waals surface area contributed by atoms with Gasteiger partial charge in [-0.25, -0.2) is 13.8 Å². The minimum absolute atomic E-state index is 0.311. The van der Waals surface area contributed by atoms with E-state index in [1.165, 1.54) is 6.07 Å². The van der Waals surface area contributed by atoms with Gasteiger partial charge in [-0.3, -0.25) is 0 Å². The van der Waals surface area contributed by atoms with Gasteiger partial charge in [-0.05, 0) is 24.6 Å². The Morgan fingerprint density at radius 3 is 2.55 bits per heavy atom. The van der Waals surface area contributed by atoms with Gasteiger partial charge in [0.15, 0.2) is 11.6 Å². The van der Waals surface area contributed by atoms with E-state index < -0.39 is 17.7 Å². The average Bonchev–Trinajstić information content (AvgIpc) is 2.96. The second-order valence-corrected chi connectivity index (χ2v) is 6.51. The molecule has 2 aromatic rings. The molecule has 0 fully saturated rings. The monoisotopic (exact) mass is 326 g/mol. The van der Waals surface area contributed by atoms with Crippen LogP contribution in [0.1, 0.15) is 49.1 Å². The number of hydrogen-bond acceptors (Lipinski definition) is 4. The second-order valence-electron chi connectivity index (χ2n) is 5.62. The molecule has 0 aliphatic rings. The van der Waals surface area contributed by atoms with Crippen LogP contribution in [0.5, 0.6) is 0 Å². The normalized spacial score (nSPS) is 14.3. The number of rotatable bonds is 6. The van der Waals surface area contributed by atoms with Gasteiger partial charge in [0.2, 0.25) is 0 Å². The van der Waals surface area contributed by atoms with Gasteiger partial charge in [0.1, 0.15) is 0 Å². The highest BCUT2D eigenvalue weighted by atomic mass is 32.1. The zero-order valence-corrected chi connectivity index (χ0v) is 13.6. The van der Waals surface area contributed by atoms with Crippen LogP contribution < -0.4 is 5.32 Å². The first-order valence-electron chi connectivity index (χ1n) is 7.19. The zero-order chi connectivity index (χ0) is 16.3. The smallest absolute Gasteiger partial charge is 0.159 e. The fourth-order valence-corrected chi connectivity index (χ4v) is 2.87. The van der Waals surface area contributed by atoms with Crippen molar-refractivity contribution in [3.8, 4) is 0 Å². The number of benzene rings is 1. The lowest BCUT2D eigenvalue weighted by atomic mass is 10.0. The van der Waals surface area contributed by atoms with E-state index in [0.717, 1.165) is 22.8 Å². The van der Waals surface area contributed by atoms with Crippen LogP contribution in [0.2, 0.25) is 0 Å². The van der Waals surface area contributed by atoms with Gasteiger partial charge >= 0.3 is 0 Å². The number of aromatic nitrogens is 1. The van der Waals surface area contributed by atoms with Crippen molar-refractivity contribution in [2.75, 3.05) is 0 Å². The van der Waals surface area contributed by atoms with Gasteiger partial charge in [-0.15, -0.1) is 11.3 Å². The number of nitrogens with one attached hydrogen (secondary N) is 1. The first kappa shape index (κ1) is 17.0. The van der Waals surface area contributed by atoms with Crippen molar-refractivity contribution >= 4 is 11.3 Å². The Hall–Kier alpha value is -1.37. The molecule has 0 aliphatic heterocycles. The molecule has 1 aromatic heterocycles. The fraction of sp³-hybridized carbons (Fsp3) is 0.438. The van der Waals surface area contributed by atoms with Crippen LogP contribution >= 0.6 is 11.3 Å². The lowest BCUT2D eigenvalue weighted by Gasteiger charge is -2.20. The standard InChI is InChI=1S/C16H20F2N2OS/c1-9(2)16-20-12(8-22-16)7-19-10(3)15(21)11-4-5-13(17)14(18)6-11/h4-6,8-10,15,19,21H,7H2,1-3H3. The molecule has 120 valence electrons. The Kier molecular flexibility index (Phi) is 5.61. The maximum atomic E-state index is 13.2. The number of hydrogen-bond donors (Lipinski definition) is 2. The maximum Gasteiger partial charge on any atom is 0.159 e. The Bertz CT molecular complexity index is 630. The van der Waals surface area contributed by atoms with Crippen LogP contribution in [0.25, 0.3) is 0 Å². The van der Waals surface area contributed by atoms with Crippen LogP contribution in [0.4, 0.5) is 8.78 Å². The molecular formula is C16H20F2N2OS. The van der Waals surface area contributed by atoms with Crippen molar-refractivity contribution in [2.45, 2.75) is 45.4 Å². The summed E-state index contributed by atoms with van der Waals surface area (Å²) in [5.74, 6) is -1.48. The molecule has 1 aromatic carbocycles. The highest BCUT2D eigenvalue weighted by Gasteiger charge is 2.18. The highest BCUT2D eigenvalue weighted by Crippen LogP contribution is 2.21. The molecule has 22 heavy (non-hydrogen) atoms. The summed E-state index contributed by atoms with van der Waals surface area (Å²) in [5, 5.41) is 16.4. The summed E-state index contributed by atoms with van der Waals surface area (Å²) < 4.78 is 26.1. The van der Waals surface area contributed by atoms with Crippen molar-refractivity contribution in [1.82, 2.24) is 10.3 Å². The third-order valence-electron chi connectivity index (χ3n) is 3.43. The van der Waals surface area contributed by atoms with Gasteiger partial charge in [-0.2, -0.15) is 0 Å². The van der Waals surface area contributed by atoms with Gasteiger partial charge < -0.3 is 10.4 Å². The Labute approximate surface area is 133 Å². The number of aliphatic hydroxyl groups is 1. The van der Waals surface area contributed by atoms with Crippen molar-refractivity contribution in [3.05, 3.63) is 51.5 Å². The largest absolute Gasteiger partial charge is 0.387 e. The number of nitrogens with zero attached hydrogens (tertiary/aromatic N) is 1. The van der Waals surface area contributed by atoms with E-state index in [1.54, 1.807) is 18.3 Å². The van der Waals surface area contributed by atoms with E-state index in [0.29, 0.717) is 18.0 Å². The van der Waals surface area contributed by atoms with Crippen LogP contribution in [0, 0.1) is 11.6 Å². The molecule has 2 N–H and O–H groups in total. The van der Waals surface area contributed by atoms with Crippen LogP contribution in [0.15, 0.2) is 23.6 Å². The van der Waals surface area contributed by atoms with Gasteiger partial charge in [0.25, 0.3) is 0 Å². The molecule has 0 saturated carbocycles. The summed E-state index contributed by atoms with van der Waals surface area (Å²) in [5.41, 5.74) is 1.26. The first-order valence-corrected chi connectivity index (χ1v) is 8.07. The van der Waals surface area contributed by atoms with Gasteiger partial charge in [-0.1, -0.05) is 19.9 Å². The van der Waals surface area contributed by atoms with Crippen LogP contribution in [0.3, 0.4) is 0 Å². The minimum atomic E-state index is -0.954. The summed E-state index contributed by atoms with van der Waals surface area (Å²) in [6.07, 6.45) is -0.918. The third kappa shape index (κ3) is 4.09. The van der Waals surface area contributed by atoms with E-state index in [4.69, 9.17) is 0 Å². The third-order valence-corrected chi connectivity index (χ3v) is 4.62. The lowest BCUT2D eigenvalue weighted by molar-refractivity contribution is 0.134. The summed E-state index contributed by atoms with van der Waals surface area (Å²) >= 11 is 1.61. The molecule has 0 spiro atoms. The van der Waals surface area contributed by atoms with Gasteiger partial charge in [0.05, 0.1) is 16.8 Å². The van der Waals surface area contributed by atoms with Crippen LogP contribution in [-0.4, -0.2) is 16.1 Å². The van der Waals surface area contributed by atoms with E-state index in [2.05, 4.69) is 24.1 Å². The van der Waals surface area contributed by atoms with Crippen molar-refractivity contribution < 1.29 is 13.9 Å². The van der Waals surface area contributed by atoms with Crippen LogP contribution in [-0.2, 0) is 6.54 Å². The minimum Gasteiger partial charge on any atom is -0.387 e. The number of halogens is 2. The molecule has 2 atom stereocenters. The summed E-state index contributed by atoms with van der Waals surface area (Å²) in [4.78, 5) is 4.50. The van der Waals surface area contributed by atoms with E-state index >= 15 is 0 Å². The Morgan fingerprint density at radius 1 is 1.23 bits per heavy atom. The van der Waals surface area contributed by atoms with Gasteiger partial charge in [0, 0.05) is 23.9 Å². The number of aliphatic hydroxyl groups excluding tert-OH is 1. The Morgan fingerprint density at radius 2 is 1.95 bits per heavy atom. The Balaban J connectivity index is 1.95. The zero-order valence-electron chi connectivity index (χ0n) is 12.8. The van der Waals surface area contributed by atoms with E-state index in [9.17, 15) is 13.9 Å². The fourth-order valence-electron chi connectivity index (χ4n) is 2.03. The molecule has 0 aliphatic carbocycles. The summed E-state index contributed by atoms with van der Waals surface area (Å²) in [6, 6.07) is 3.13. The molecule has 0 saturated heterocycles. The number of thiazole rings is 1. The predicted octanol–water partition coefficient (Wildman–Crippen LogP) is 3.76. The molecule has 3 nitrogen and oxygen atoms in total. The van der Waals surface area contributed by atoms with Crippen molar-refractivity contribution in [1.29, 1.82) is 0 Å². The lowest BCUT2D eigenvalue weighted by Crippen LogP contribution is -2.31. The predicted molar refractivity (Wildman–Crippen MR) is 83.8 cm³/mol. The molecular weight excluding hydrogens is 306 g/mol. The second kappa shape index (κ2) is 7.26. The summed E-state index contributed by atoms with van der Waals surface area (Å²) in [6.45, 7) is 6.49. The SMILES string of the molecule is CC(C)c1nc(CNC(C)C(O)c2ccc(F)c(F)c2)cs1. The topological polar surface area (TPSA) is 45.2 Å². The average molecular weight is 326 g/mol. The highest BCUT2D eigenvalue weighted by molar-refractivity contribution is 7.09. The molecule has 2 unspecified atom stereocenters. The molecule has 0 bridgehead atoms. The van der Waals surface area contributed by atoms with E-state index in [-0.39, 0.29) is 6.04 Å². The molecule has 6 heteroatoms. The summed E-state index contributed by atoms with van der Waals surface area (Å²) in [7, 11) is 0. The molecule has 2 rings (SSSR count). The molecule has 0 amide bonds. The quantitative estimate of drug-likeness (QED) is 0.850. The first-order chi connectivity index (χ1) is 10.4. The van der Waals surface area contributed by atoms with Crippen molar-refractivity contribution in [3.63, 3.8) is 0 Å². The van der Waals surface area contributed by atoms with Crippen molar-refractivity contribution in [2.24, 2.45) is 0 Å².